The summed E-state index contributed by atoms with van der Waals surface area (Å²) in [4.78, 5) is 11.6. The van der Waals surface area contributed by atoms with Gasteiger partial charge in [-0.1, -0.05) is 44.6 Å². The Balaban J connectivity index is 1.22. The van der Waals surface area contributed by atoms with Crippen molar-refractivity contribution in [3.8, 4) is 0 Å². The Morgan fingerprint density at radius 2 is 1.89 bits per heavy atom. The molecule has 1 aliphatic heterocycles. The molecule has 0 N–H and O–H groups in total. The van der Waals surface area contributed by atoms with Gasteiger partial charge in [-0.15, -0.1) is 0 Å². The van der Waals surface area contributed by atoms with Gasteiger partial charge in [0, 0.05) is 20.0 Å². The average Bonchev–Trinajstić information content (AvgIpc) is 3.24. The highest BCUT2D eigenvalue weighted by Gasteiger charge is 2.59. The highest BCUT2D eigenvalue weighted by Crippen LogP contribution is 2.67. The summed E-state index contributed by atoms with van der Waals surface area (Å²) in [6.45, 7) is 16.5. The Labute approximate surface area is 232 Å². The van der Waals surface area contributed by atoms with Crippen LogP contribution in [-0.4, -0.2) is 31.1 Å². The van der Waals surface area contributed by atoms with Crippen LogP contribution in [0.15, 0.2) is 23.8 Å². The maximum atomic E-state index is 11.6. The molecule has 4 aliphatic carbocycles. The van der Waals surface area contributed by atoms with Crippen LogP contribution >= 0.6 is 0 Å². The van der Waals surface area contributed by atoms with Gasteiger partial charge in [-0.2, -0.15) is 0 Å². The first kappa shape index (κ1) is 28.4. The second-order valence-corrected chi connectivity index (χ2v) is 14.3. The predicted molar refractivity (Wildman–Crippen MR) is 152 cm³/mol. The first-order valence-corrected chi connectivity index (χ1v) is 15.9. The Morgan fingerprint density at radius 1 is 1.08 bits per heavy atom. The molecule has 5 aliphatic rings. The normalized spacial score (nSPS) is 42.2. The van der Waals surface area contributed by atoms with E-state index in [4.69, 9.17) is 14.2 Å². The third-order valence-corrected chi connectivity index (χ3v) is 12.0. The van der Waals surface area contributed by atoms with Gasteiger partial charge in [-0.25, -0.2) is 0 Å². The van der Waals surface area contributed by atoms with E-state index in [1.165, 1.54) is 51.4 Å². The second-order valence-electron chi connectivity index (χ2n) is 14.3. The van der Waals surface area contributed by atoms with Crippen molar-refractivity contribution < 1.29 is 19.0 Å². The fourth-order valence-electron chi connectivity index (χ4n) is 9.99. The smallest absolute Gasteiger partial charge is 0.302 e. The summed E-state index contributed by atoms with van der Waals surface area (Å²) in [6.07, 6.45) is 18.3. The molecular formula is C34H54O4. The molecule has 4 fully saturated rings. The van der Waals surface area contributed by atoms with Gasteiger partial charge >= 0.3 is 5.97 Å². The van der Waals surface area contributed by atoms with E-state index in [1.54, 1.807) is 12.5 Å². The molecule has 38 heavy (non-hydrogen) atoms. The number of esters is 1. The molecule has 1 saturated heterocycles. The van der Waals surface area contributed by atoms with E-state index in [-0.39, 0.29) is 24.5 Å². The van der Waals surface area contributed by atoms with E-state index in [9.17, 15) is 4.79 Å². The number of hydrogen-bond acceptors (Lipinski definition) is 4. The lowest BCUT2D eigenvalue weighted by atomic mass is 9.47. The van der Waals surface area contributed by atoms with Gasteiger partial charge in [0.2, 0.25) is 0 Å². The van der Waals surface area contributed by atoms with Gasteiger partial charge in [-0.3, -0.25) is 4.79 Å². The predicted octanol–water partition coefficient (Wildman–Crippen LogP) is 8.40. The molecule has 3 saturated carbocycles. The summed E-state index contributed by atoms with van der Waals surface area (Å²) >= 11 is 0. The topological polar surface area (TPSA) is 44.8 Å². The number of carbonyl (C=O) groups is 1. The Bertz CT molecular complexity index is 902. The molecule has 0 aromatic heterocycles. The summed E-state index contributed by atoms with van der Waals surface area (Å²) in [5.41, 5.74) is 3.50. The van der Waals surface area contributed by atoms with Crippen molar-refractivity contribution >= 4 is 5.97 Å². The van der Waals surface area contributed by atoms with Crippen LogP contribution in [0.1, 0.15) is 118 Å². The first-order valence-electron chi connectivity index (χ1n) is 15.9. The minimum Gasteiger partial charge on any atom is -0.462 e. The molecule has 0 bridgehead atoms. The van der Waals surface area contributed by atoms with Crippen LogP contribution in [0, 0.1) is 40.4 Å². The van der Waals surface area contributed by atoms with Crippen molar-refractivity contribution in [2.75, 3.05) is 6.61 Å². The lowest BCUT2D eigenvalue weighted by Crippen LogP contribution is -2.51. The molecule has 214 valence electrons. The molecule has 10 atom stereocenters. The van der Waals surface area contributed by atoms with Crippen LogP contribution in [0.5, 0.6) is 0 Å². The van der Waals surface area contributed by atoms with Crippen molar-refractivity contribution in [3.63, 3.8) is 0 Å². The third kappa shape index (κ3) is 5.42. The zero-order valence-electron chi connectivity index (χ0n) is 24.9. The average molecular weight is 527 g/mol. The molecule has 1 heterocycles. The Kier molecular flexibility index (Phi) is 8.52. The third-order valence-electron chi connectivity index (χ3n) is 12.0. The second kappa shape index (κ2) is 11.4. The molecule has 0 spiro atoms. The first-order chi connectivity index (χ1) is 18.1. The van der Waals surface area contributed by atoms with Crippen LogP contribution in [0.25, 0.3) is 0 Å². The summed E-state index contributed by atoms with van der Waals surface area (Å²) in [5, 5.41) is 0. The molecule has 0 aromatic rings. The van der Waals surface area contributed by atoms with Crippen LogP contribution in [0.4, 0.5) is 0 Å². The molecule has 1 unspecified atom stereocenters. The number of hydrogen-bond donors (Lipinski definition) is 0. The van der Waals surface area contributed by atoms with Crippen LogP contribution in [0.2, 0.25) is 0 Å². The number of rotatable bonds is 8. The highest BCUT2D eigenvalue weighted by molar-refractivity contribution is 5.66. The summed E-state index contributed by atoms with van der Waals surface area (Å²) in [7, 11) is 0. The summed E-state index contributed by atoms with van der Waals surface area (Å²) in [5.74, 6) is 3.85. The molecule has 0 amide bonds. The monoisotopic (exact) mass is 526 g/mol. The Hall–Kier alpha value is -1.13. The molecule has 0 aromatic carbocycles. The van der Waals surface area contributed by atoms with E-state index in [1.807, 2.05) is 0 Å². The lowest BCUT2D eigenvalue weighted by molar-refractivity contribution is -0.182. The van der Waals surface area contributed by atoms with E-state index >= 15 is 0 Å². The maximum Gasteiger partial charge on any atom is 0.302 e. The van der Waals surface area contributed by atoms with Crippen molar-refractivity contribution in [2.24, 2.45) is 40.4 Å². The largest absolute Gasteiger partial charge is 0.462 e. The van der Waals surface area contributed by atoms with E-state index in [0.29, 0.717) is 16.7 Å². The van der Waals surface area contributed by atoms with Crippen molar-refractivity contribution in [2.45, 2.75) is 137 Å². The fraction of sp³-hybridized carbons (Fsp3) is 0.853. The number of fused-ring (bicyclic) bond motifs is 5. The van der Waals surface area contributed by atoms with Crippen LogP contribution in [0.3, 0.4) is 0 Å². The lowest BCUT2D eigenvalue weighted by Gasteiger charge is -2.58. The SMILES string of the molecule is C=C(C)[C@@H](CC[C@@H](C)[C@H]1CC[C@H]2[C@@H]3CC=C4C[C@@H](OC(C)=O)CC[C@]4(C)[C@H]3CC[C@]12C)OC1CCCCO1. The number of ether oxygens (including phenoxy) is 3. The fourth-order valence-corrected chi connectivity index (χ4v) is 9.99. The van der Waals surface area contributed by atoms with E-state index < -0.39 is 0 Å². The Morgan fingerprint density at radius 3 is 2.61 bits per heavy atom. The zero-order valence-corrected chi connectivity index (χ0v) is 24.9. The van der Waals surface area contributed by atoms with Gasteiger partial charge in [0.15, 0.2) is 6.29 Å². The van der Waals surface area contributed by atoms with E-state index in [2.05, 4.69) is 40.3 Å². The summed E-state index contributed by atoms with van der Waals surface area (Å²) < 4.78 is 17.9. The molecule has 5 rings (SSSR count). The number of carbonyl (C=O) groups excluding carboxylic acids is 1. The molecule has 0 radical (unpaired) electrons. The van der Waals surface area contributed by atoms with Gasteiger partial charge in [0.05, 0.1) is 6.10 Å². The summed E-state index contributed by atoms with van der Waals surface area (Å²) in [6, 6.07) is 0. The molecular weight excluding hydrogens is 472 g/mol. The van der Waals surface area contributed by atoms with Crippen molar-refractivity contribution in [1.29, 1.82) is 0 Å². The molecule has 4 heteroatoms. The maximum absolute atomic E-state index is 11.6. The van der Waals surface area contributed by atoms with Gasteiger partial charge < -0.3 is 14.2 Å². The standard InChI is InChI=1S/C34H54O4/c1-22(2)31(38-32-9-7-8-20-36-32)15-10-23(3)28-13-14-29-27-12-11-25-21-26(37-24(4)35)16-18-33(25,5)30(27)17-19-34(28,29)6/h11,23,26-32H,1,7-10,12-21H2,2-6H3/t23-,26+,27+,28-,29+,30+,31-,32?,33+,34-/m1/s1. The molecule has 4 nitrogen and oxygen atoms in total. The minimum absolute atomic E-state index is 0.0425. The highest BCUT2D eigenvalue weighted by atomic mass is 16.7. The number of allylic oxidation sites excluding steroid dienone is 1. The van der Waals surface area contributed by atoms with Crippen molar-refractivity contribution in [3.05, 3.63) is 23.8 Å². The van der Waals surface area contributed by atoms with Crippen LogP contribution < -0.4 is 0 Å². The van der Waals surface area contributed by atoms with Gasteiger partial charge in [-0.05, 0) is 124 Å². The minimum atomic E-state index is -0.129. The zero-order chi connectivity index (χ0) is 27.1. The van der Waals surface area contributed by atoms with E-state index in [0.717, 1.165) is 68.0 Å². The van der Waals surface area contributed by atoms with Gasteiger partial charge in [0.1, 0.15) is 6.10 Å². The quantitative estimate of drug-likeness (QED) is 0.235. The van der Waals surface area contributed by atoms with Gasteiger partial charge in [0.25, 0.3) is 0 Å². The van der Waals surface area contributed by atoms with Crippen molar-refractivity contribution in [1.82, 2.24) is 0 Å². The van der Waals surface area contributed by atoms with Crippen LogP contribution in [-0.2, 0) is 19.0 Å².